The molecule has 0 saturated heterocycles. The Morgan fingerprint density at radius 1 is 1.50 bits per heavy atom. The second-order valence-corrected chi connectivity index (χ2v) is 5.35. The van der Waals surface area contributed by atoms with Crippen LogP contribution >= 0.6 is 11.6 Å². The third-order valence-corrected chi connectivity index (χ3v) is 4.13. The van der Waals surface area contributed by atoms with Gasteiger partial charge in [-0.1, -0.05) is 12.8 Å². The number of nitrogens with one attached hydrogen (secondary N) is 1. The normalized spacial score (nSPS) is 23.9. The average molecular weight is 270 g/mol. The predicted octanol–water partition coefficient (Wildman–Crippen LogP) is 2.20. The van der Waals surface area contributed by atoms with E-state index in [9.17, 15) is 4.79 Å². The summed E-state index contributed by atoms with van der Waals surface area (Å²) in [6.07, 6.45) is 6.64. The molecule has 1 aromatic heterocycles. The van der Waals surface area contributed by atoms with E-state index in [4.69, 9.17) is 11.6 Å². The Hall–Kier alpha value is -1.03. The van der Waals surface area contributed by atoms with Gasteiger partial charge in [-0.2, -0.15) is 5.10 Å². The van der Waals surface area contributed by atoms with Crippen LogP contribution < -0.4 is 5.32 Å². The number of hydrogen-bond acceptors (Lipinski definition) is 2. The number of aromatic nitrogens is 2. The molecule has 100 valence electrons. The van der Waals surface area contributed by atoms with E-state index in [1.54, 1.807) is 24.0 Å². The van der Waals surface area contributed by atoms with Gasteiger partial charge in [0.2, 0.25) is 0 Å². The van der Waals surface area contributed by atoms with Crippen molar-refractivity contribution in [3.63, 3.8) is 0 Å². The van der Waals surface area contributed by atoms with Crippen LogP contribution in [0.15, 0.2) is 12.3 Å². The van der Waals surface area contributed by atoms with E-state index in [1.807, 2.05) is 0 Å². The minimum atomic E-state index is -0.0884. The van der Waals surface area contributed by atoms with Crippen LogP contribution in [0.5, 0.6) is 0 Å². The van der Waals surface area contributed by atoms with Gasteiger partial charge in [0.1, 0.15) is 5.69 Å². The smallest absolute Gasteiger partial charge is 0.271 e. The van der Waals surface area contributed by atoms with E-state index in [1.165, 1.54) is 25.7 Å². The van der Waals surface area contributed by atoms with Gasteiger partial charge in [-0.05, 0) is 30.7 Å². The molecule has 0 spiro atoms. The largest absolute Gasteiger partial charge is 0.350 e. The first kappa shape index (κ1) is 13.4. The molecule has 1 fully saturated rings. The van der Waals surface area contributed by atoms with Crippen LogP contribution in [0.2, 0.25) is 0 Å². The standard InChI is InChI=1S/C13H20ClN3O/c1-17-7-6-12(16-17)13(18)15-9-11-5-3-2-4-10(11)8-14/h6-7,10-11H,2-5,8-9H2,1H3,(H,15,18). The van der Waals surface area contributed by atoms with Crippen LogP contribution in [0, 0.1) is 11.8 Å². The highest BCUT2D eigenvalue weighted by Gasteiger charge is 2.24. The molecule has 0 aliphatic heterocycles. The molecule has 0 bridgehead atoms. The molecule has 2 unspecified atom stereocenters. The fourth-order valence-electron chi connectivity index (χ4n) is 2.61. The zero-order chi connectivity index (χ0) is 13.0. The number of hydrogen-bond donors (Lipinski definition) is 1. The summed E-state index contributed by atoms with van der Waals surface area (Å²) in [6.45, 7) is 0.715. The second kappa shape index (κ2) is 6.23. The van der Waals surface area contributed by atoms with Crippen molar-refractivity contribution in [3.05, 3.63) is 18.0 Å². The molecule has 1 saturated carbocycles. The number of rotatable bonds is 4. The van der Waals surface area contributed by atoms with Crippen molar-refractivity contribution in [1.29, 1.82) is 0 Å². The minimum Gasteiger partial charge on any atom is -0.350 e. The van der Waals surface area contributed by atoms with Gasteiger partial charge in [-0.3, -0.25) is 9.48 Å². The van der Waals surface area contributed by atoms with E-state index in [-0.39, 0.29) is 5.91 Å². The summed E-state index contributed by atoms with van der Waals surface area (Å²) in [4.78, 5) is 11.9. The summed E-state index contributed by atoms with van der Waals surface area (Å²) in [7, 11) is 1.81. The van der Waals surface area contributed by atoms with Crippen molar-refractivity contribution in [2.75, 3.05) is 12.4 Å². The predicted molar refractivity (Wildman–Crippen MR) is 71.7 cm³/mol. The summed E-state index contributed by atoms with van der Waals surface area (Å²) in [6, 6.07) is 1.73. The SMILES string of the molecule is Cn1ccc(C(=O)NCC2CCCCC2CCl)n1. The van der Waals surface area contributed by atoms with Crippen LogP contribution in [-0.2, 0) is 7.05 Å². The molecule has 1 aromatic rings. The number of alkyl halides is 1. The summed E-state index contributed by atoms with van der Waals surface area (Å²) in [5.41, 5.74) is 0.482. The highest BCUT2D eigenvalue weighted by Crippen LogP contribution is 2.30. The Balaban J connectivity index is 1.85. The van der Waals surface area contributed by atoms with Gasteiger partial charge in [0.25, 0.3) is 5.91 Å². The molecule has 1 aliphatic rings. The Morgan fingerprint density at radius 3 is 2.83 bits per heavy atom. The summed E-state index contributed by atoms with van der Waals surface area (Å²) >= 11 is 5.98. The van der Waals surface area contributed by atoms with Gasteiger partial charge >= 0.3 is 0 Å². The molecular weight excluding hydrogens is 250 g/mol. The minimum absolute atomic E-state index is 0.0884. The fourth-order valence-corrected chi connectivity index (χ4v) is 3.01. The zero-order valence-corrected chi connectivity index (χ0v) is 11.5. The van der Waals surface area contributed by atoms with Crippen molar-refractivity contribution in [3.8, 4) is 0 Å². The molecule has 4 nitrogen and oxygen atoms in total. The molecular formula is C13H20ClN3O. The molecule has 18 heavy (non-hydrogen) atoms. The number of carbonyl (C=O) groups excluding carboxylic acids is 1. The topological polar surface area (TPSA) is 46.9 Å². The number of aryl methyl sites for hydroxylation is 1. The van der Waals surface area contributed by atoms with E-state index in [0.29, 0.717) is 30.0 Å². The molecule has 1 N–H and O–H groups in total. The van der Waals surface area contributed by atoms with E-state index in [0.717, 1.165) is 0 Å². The lowest BCUT2D eigenvalue weighted by atomic mass is 9.80. The van der Waals surface area contributed by atoms with Gasteiger partial charge in [-0.15, -0.1) is 11.6 Å². The molecule has 1 aliphatic carbocycles. The molecule has 1 amide bonds. The lowest BCUT2D eigenvalue weighted by molar-refractivity contribution is 0.0931. The Kier molecular flexibility index (Phi) is 4.64. The van der Waals surface area contributed by atoms with Crippen LogP contribution in [0.3, 0.4) is 0 Å². The van der Waals surface area contributed by atoms with Crippen LogP contribution in [0.1, 0.15) is 36.2 Å². The first-order valence-electron chi connectivity index (χ1n) is 6.54. The van der Waals surface area contributed by atoms with Gasteiger partial charge in [-0.25, -0.2) is 0 Å². The Morgan fingerprint density at radius 2 is 2.22 bits per heavy atom. The first-order chi connectivity index (χ1) is 8.70. The molecule has 2 atom stereocenters. The maximum atomic E-state index is 11.9. The third kappa shape index (κ3) is 3.25. The third-order valence-electron chi connectivity index (χ3n) is 3.74. The molecule has 5 heteroatoms. The van der Waals surface area contributed by atoms with Crippen molar-refractivity contribution in [2.45, 2.75) is 25.7 Å². The van der Waals surface area contributed by atoms with E-state index < -0.39 is 0 Å². The fraction of sp³-hybridized carbons (Fsp3) is 0.692. The number of amides is 1. The van der Waals surface area contributed by atoms with Gasteiger partial charge in [0, 0.05) is 25.7 Å². The lowest BCUT2D eigenvalue weighted by Crippen LogP contribution is -2.35. The molecule has 2 rings (SSSR count). The molecule has 1 heterocycles. The lowest BCUT2D eigenvalue weighted by Gasteiger charge is -2.30. The second-order valence-electron chi connectivity index (χ2n) is 5.04. The van der Waals surface area contributed by atoms with Crippen LogP contribution in [0.25, 0.3) is 0 Å². The zero-order valence-electron chi connectivity index (χ0n) is 10.7. The highest BCUT2D eigenvalue weighted by atomic mass is 35.5. The molecule has 0 aromatic carbocycles. The van der Waals surface area contributed by atoms with Crippen LogP contribution in [-0.4, -0.2) is 28.1 Å². The van der Waals surface area contributed by atoms with E-state index >= 15 is 0 Å². The number of nitrogens with zero attached hydrogens (tertiary/aromatic N) is 2. The number of carbonyl (C=O) groups is 1. The monoisotopic (exact) mass is 269 g/mol. The Labute approximate surface area is 113 Å². The van der Waals surface area contributed by atoms with E-state index in [2.05, 4.69) is 10.4 Å². The summed E-state index contributed by atoms with van der Waals surface area (Å²) in [5, 5.41) is 7.06. The maximum Gasteiger partial charge on any atom is 0.271 e. The molecule has 0 radical (unpaired) electrons. The van der Waals surface area contributed by atoms with Gasteiger partial charge in [0.15, 0.2) is 0 Å². The first-order valence-corrected chi connectivity index (χ1v) is 7.08. The van der Waals surface area contributed by atoms with Crippen LogP contribution in [0.4, 0.5) is 0 Å². The van der Waals surface area contributed by atoms with Gasteiger partial charge in [0.05, 0.1) is 0 Å². The maximum absolute atomic E-state index is 11.9. The van der Waals surface area contributed by atoms with Crippen molar-refractivity contribution in [2.24, 2.45) is 18.9 Å². The summed E-state index contributed by atoms with van der Waals surface area (Å²) < 4.78 is 1.64. The van der Waals surface area contributed by atoms with Crippen molar-refractivity contribution < 1.29 is 4.79 Å². The Bertz CT molecular complexity index is 405. The summed E-state index contributed by atoms with van der Waals surface area (Å²) in [5.74, 6) is 1.67. The highest BCUT2D eigenvalue weighted by molar-refractivity contribution is 6.18. The van der Waals surface area contributed by atoms with Gasteiger partial charge < -0.3 is 5.32 Å². The average Bonchev–Trinajstić information content (AvgIpc) is 2.83. The van der Waals surface area contributed by atoms with Crippen molar-refractivity contribution in [1.82, 2.24) is 15.1 Å². The quantitative estimate of drug-likeness (QED) is 0.852. The van der Waals surface area contributed by atoms with Crippen molar-refractivity contribution >= 4 is 17.5 Å². The number of halogens is 1.